The maximum Gasteiger partial charge on any atom is 0.309 e. The van der Waals surface area contributed by atoms with Gasteiger partial charge < -0.3 is 30.0 Å². The number of cyclic esters (lactones) is 1. The molecule has 0 aromatic heterocycles. The number of benzene rings is 2. The van der Waals surface area contributed by atoms with Gasteiger partial charge in [-0.05, 0) is 30.4 Å². The maximum absolute atomic E-state index is 13.2. The molecular weight excluding hydrogens is 512 g/mol. The summed E-state index contributed by atoms with van der Waals surface area (Å²) in [6, 6.07) is 18.9. The van der Waals surface area contributed by atoms with E-state index in [2.05, 4.69) is 10.6 Å². The van der Waals surface area contributed by atoms with Crippen LogP contribution in [0.5, 0.6) is 0 Å². The Labute approximate surface area is 235 Å². The normalized spacial score (nSPS) is 20.1. The van der Waals surface area contributed by atoms with Crippen molar-refractivity contribution in [2.75, 3.05) is 39.6 Å². The molecule has 0 spiro atoms. The van der Waals surface area contributed by atoms with Crippen LogP contribution in [0, 0.1) is 11.8 Å². The molecule has 0 bridgehead atoms. The summed E-state index contributed by atoms with van der Waals surface area (Å²) >= 11 is 0. The van der Waals surface area contributed by atoms with E-state index in [1.54, 1.807) is 0 Å². The van der Waals surface area contributed by atoms with Gasteiger partial charge in [-0.1, -0.05) is 72.8 Å². The van der Waals surface area contributed by atoms with Gasteiger partial charge in [-0.2, -0.15) is 0 Å². The molecule has 2 amide bonds. The Morgan fingerprint density at radius 2 is 1.60 bits per heavy atom. The van der Waals surface area contributed by atoms with Gasteiger partial charge in [0.25, 0.3) is 0 Å². The highest BCUT2D eigenvalue weighted by atomic mass is 16.5. The average Bonchev–Trinajstić information content (AvgIpc) is 2.97. The van der Waals surface area contributed by atoms with E-state index in [0.29, 0.717) is 25.9 Å². The van der Waals surface area contributed by atoms with Gasteiger partial charge in [0.05, 0.1) is 50.9 Å². The lowest BCUT2D eigenvalue weighted by atomic mass is 9.94. The summed E-state index contributed by atoms with van der Waals surface area (Å²) in [5.41, 5.74) is 2.03. The molecule has 9 heteroatoms. The number of ether oxygens (including phenoxy) is 3. The third kappa shape index (κ3) is 11.7. The number of carbonyl (C=O) groups is 3. The van der Waals surface area contributed by atoms with Crippen LogP contribution in [-0.2, 0) is 41.6 Å². The molecule has 3 rings (SSSR count). The van der Waals surface area contributed by atoms with E-state index in [-0.39, 0.29) is 69.7 Å². The largest absolute Gasteiger partial charge is 0.463 e. The second-order valence-electron chi connectivity index (χ2n) is 9.75. The maximum atomic E-state index is 13.2. The van der Waals surface area contributed by atoms with Crippen LogP contribution in [0.15, 0.2) is 72.8 Å². The van der Waals surface area contributed by atoms with Crippen LogP contribution in [0.1, 0.15) is 30.4 Å². The summed E-state index contributed by atoms with van der Waals surface area (Å²) in [6.45, 7) is 1.15. The number of amides is 2. The molecule has 3 atom stereocenters. The molecular formula is C31H40N2O7. The number of rotatable bonds is 13. The summed E-state index contributed by atoms with van der Waals surface area (Å²) in [5.74, 6) is -1.87. The third-order valence-electron chi connectivity index (χ3n) is 6.48. The van der Waals surface area contributed by atoms with Crippen molar-refractivity contribution < 1.29 is 33.7 Å². The van der Waals surface area contributed by atoms with Crippen molar-refractivity contribution in [2.24, 2.45) is 11.8 Å². The first kappa shape index (κ1) is 31.0. The Hall–Kier alpha value is -3.53. The van der Waals surface area contributed by atoms with E-state index in [0.717, 1.165) is 11.1 Å². The molecule has 216 valence electrons. The van der Waals surface area contributed by atoms with Gasteiger partial charge in [-0.3, -0.25) is 14.4 Å². The molecule has 0 unspecified atom stereocenters. The average molecular weight is 553 g/mol. The molecule has 9 nitrogen and oxygen atoms in total. The summed E-state index contributed by atoms with van der Waals surface area (Å²) < 4.78 is 16.7. The topological polar surface area (TPSA) is 123 Å². The third-order valence-corrected chi connectivity index (χ3v) is 6.48. The second kappa shape index (κ2) is 17.9. The SMILES string of the molecule is O=C(C[C@H]1CC=CC[C@@H](Cc2ccccc2)C(=O)OC[C@H](COCc2ccccc2)NC1=O)NCCOCCO. The van der Waals surface area contributed by atoms with Gasteiger partial charge >= 0.3 is 5.97 Å². The number of carbonyl (C=O) groups excluding carboxylic acids is 3. The standard InChI is InChI=1S/C31H40N2O7/c34-16-18-38-17-15-32-29(35)20-26-13-7-8-14-27(19-24-9-3-1-4-10-24)31(37)40-23-28(33-30(26)36)22-39-21-25-11-5-2-6-12-25/h1-12,26-28,34H,13-23H2,(H,32,35)(H,33,36)/t26-,27+,28+/m1/s1. The number of aliphatic hydroxyl groups is 1. The molecule has 0 radical (unpaired) electrons. The lowest BCUT2D eigenvalue weighted by Gasteiger charge is -2.24. The van der Waals surface area contributed by atoms with Crippen LogP contribution in [0.25, 0.3) is 0 Å². The Kier molecular flexibility index (Phi) is 13.9. The first-order valence-corrected chi connectivity index (χ1v) is 13.8. The fraction of sp³-hybridized carbons (Fsp3) is 0.452. The highest BCUT2D eigenvalue weighted by Crippen LogP contribution is 2.18. The number of allylic oxidation sites excluding steroid dienone is 2. The van der Waals surface area contributed by atoms with Crippen molar-refractivity contribution in [3.8, 4) is 0 Å². The summed E-state index contributed by atoms with van der Waals surface area (Å²) in [6.07, 6.45) is 5.10. The molecule has 0 fully saturated rings. The Morgan fingerprint density at radius 3 is 2.30 bits per heavy atom. The highest BCUT2D eigenvalue weighted by Gasteiger charge is 2.27. The Morgan fingerprint density at radius 1 is 0.925 bits per heavy atom. The van der Waals surface area contributed by atoms with Crippen LogP contribution in [0.4, 0.5) is 0 Å². The predicted octanol–water partition coefficient (Wildman–Crippen LogP) is 2.57. The van der Waals surface area contributed by atoms with Gasteiger partial charge in [0.15, 0.2) is 0 Å². The summed E-state index contributed by atoms with van der Waals surface area (Å²) in [5, 5.41) is 14.5. The Bertz CT molecular complexity index is 1060. The number of nitrogens with one attached hydrogen (secondary N) is 2. The smallest absolute Gasteiger partial charge is 0.309 e. The fourth-order valence-electron chi connectivity index (χ4n) is 4.34. The van der Waals surface area contributed by atoms with Crippen molar-refractivity contribution in [3.05, 3.63) is 83.9 Å². The Balaban J connectivity index is 1.67. The molecule has 40 heavy (non-hydrogen) atoms. The van der Waals surface area contributed by atoms with Crippen molar-refractivity contribution >= 4 is 17.8 Å². The molecule has 0 saturated heterocycles. The monoisotopic (exact) mass is 552 g/mol. The van der Waals surface area contributed by atoms with Crippen LogP contribution in [0.2, 0.25) is 0 Å². The molecule has 1 heterocycles. The molecule has 1 aliphatic heterocycles. The molecule has 1 aliphatic rings. The predicted molar refractivity (Wildman–Crippen MR) is 150 cm³/mol. The van der Waals surface area contributed by atoms with Crippen LogP contribution < -0.4 is 10.6 Å². The van der Waals surface area contributed by atoms with E-state index < -0.39 is 12.0 Å². The number of hydrogen-bond acceptors (Lipinski definition) is 7. The van der Waals surface area contributed by atoms with Gasteiger partial charge in [0.1, 0.15) is 6.61 Å². The number of hydrogen-bond donors (Lipinski definition) is 3. The minimum absolute atomic E-state index is 0.000990. The van der Waals surface area contributed by atoms with Crippen LogP contribution in [0.3, 0.4) is 0 Å². The van der Waals surface area contributed by atoms with E-state index in [1.807, 2.05) is 72.8 Å². The fourth-order valence-corrected chi connectivity index (χ4v) is 4.34. The van der Waals surface area contributed by atoms with Crippen molar-refractivity contribution in [1.82, 2.24) is 10.6 Å². The van der Waals surface area contributed by atoms with E-state index >= 15 is 0 Å². The zero-order chi connectivity index (χ0) is 28.4. The van der Waals surface area contributed by atoms with Crippen molar-refractivity contribution in [1.29, 1.82) is 0 Å². The van der Waals surface area contributed by atoms with Gasteiger partial charge in [-0.15, -0.1) is 0 Å². The van der Waals surface area contributed by atoms with Crippen LogP contribution >= 0.6 is 0 Å². The molecule has 2 aromatic carbocycles. The first-order valence-electron chi connectivity index (χ1n) is 13.8. The minimum Gasteiger partial charge on any atom is -0.463 e. The number of esters is 1. The zero-order valence-electron chi connectivity index (χ0n) is 22.8. The number of aliphatic hydroxyl groups excluding tert-OH is 1. The van der Waals surface area contributed by atoms with E-state index in [9.17, 15) is 14.4 Å². The van der Waals surface area contributed by atoms with Gasteiger partial charge in [-0.25, -0.2) is 0 Å². The van der Waals surface area contributed by atoms with E-state index in [1.165, 1.54) is 0 Å². The van der Waals surface area contributed by atoms with Crippen molar-refractivity contribution in [3.63, 3.8) is 0 Å². The van der Waals surface area contributed by atoms with E-state index in [4.69, 9.17) is 19.3 Å². The molecule has 0 saturated carbocycles. The second-order valence-corrected chi connectivity index (χ2v) is 9.75. The summed E-state index contributed by atoms with van der Waals surface area (Å²) in [4.78, 5) is 38.8. The molecule has 0 aliphatic carbocycles. The molecule has 3 N–H and O–H groups in total. The summed E-state index contributed by atoms with van der Waals surface area (Å²) in [7, 11) is 0. The van der Waals surface area contributed by atoms with Crippen LogP contribution in [-0.4, -0.2) is 68.5 Å². The van der Waals surface area contributed by atoms with Gasteiger partial charge in [0.2, 0.25) is 11.8 Å². The highest BCUT2D eigenvalue weighted by molar-refractivity contribution is 5.86. The van der Waals surface area contributed by atoms with Crippen molar-refractivity contribution in [2.45, 2.75) is 38.3 Å². The van der Waals surface area contributed by atoms with Gasteiger partial charge in [0, 0.05) is 13.0 Å². The first-order chi connectivity index (χ1) is 19.5. The lowest BCUT2D eigenvalue weighted by Crippen LogP contribution is -2.46. The molecule has 2 aromatic rings. The zero-order valence-corrected chi connectivity index (χ0v) is 22.8. The lowest BCUT2D eigenvalue weighted by molar-refractivity contribution is -0.150. The minimum atomic E-state index is -0.603. The quantitative estimate of drug-likeness (QED) is 0.198.